The summed E-state index contributed by atoms with van der Waals surface area (Å²) < 4.78 is 15.4. The zero-order valence-electron chi connectivity index (χ0n) is 11.9. The van der Waals surface area contributed by atoms with Crippen LogP contribution < -0.4 is 11.3 Å². The Morgan fingerprint density at radius 2 is 2.00 bits per heavy atom. The fraction of sp³-hybridized carbons (Fsp3) is 0.438. The largest absolute Gasteiger partial charge is 0.325 e. The zero-order valence-corrected chi connectivity index (χ0v) is 11.9. The van der Waals surface area contributed by atoms with E-state index in [0.717, 1.165) is 17.4 Å². The first-order chi connectivity index (χ1) is 10.1. The Kier molecular flexibility index (Phi) is 4.03. The molecule has 1 aliphatic rings. The zero-order chi connectivity index (χ0) is 14.8. The highest BCUT2D eigenvalue weighted by Gasteiger charge is 2.25. The standard InChI is InChI=1S/C16H20FN3O/c17-13-11-19(8-7-14(13)18)9-10-20-15-4-2-1-3-12(15)5-6-16(20)21/h1-6,13-14H,7-11,18H2/t13-,14+/m1/s1. The summed E-state index contributed by atoms with van der Waals surface area (Å²) in [5, 5.41) is 1.04. The Labute approximate surface area is 123 Å². The third-order valence-corrected chi connectivity index (χ3v) is 4.21. The normalized spacial score (nSPS) is 23.5. The summed E-state index contributed by atoms with van der Waals surface area (Å²) in [5.41, 5.74) is 6.60. The molecule has 112 valence electrons. The molecule has 2 aromatic rings. The maximum absolute atomic E-state index is 13.7. The van der Waals surface area contributed by atoms with E-state index in [1.165, 1.54) is 0 Å². The molecule has 1 saturated heterocycles. The van der Waals surface area contributed by atoms with Crippen molar-refractivity contribution >= 4 is 10.9 Å². The lowest BCUT2D eigenvalue weighted by Crippen LogP contribution is -2.49. The third-order valence-electron chi connectivity index (χ3n) is 4.21. The first-order valence-corrected chi connectivity index (χ1v) is 7.36. The molecule has 3 rings (SSSR count). The van der Waals surface area contributed by atoms with Gasteiger partial charge < -0.3 is 10.3 Å². The van der Waals surface area contributed by atoms with Gasteiger partial charge in [0, 0.05) is 31.7 Å². The maximum atomic E-state index is 13.7. The molecule has 2 N–H and O–H groups in total. The summed E-state index contributed by atoms with van der Waals surface area (Å²) in [6, 6.07) is 10.9. The molecule has 2 atom stereocenters. The Bertz CT molecular complexity index is 685. The highest BCUT2D eigenvalue weighted by molar-refractivity contribution is 5.78. The van der Waals surface area contributed by atoms with Crippen molar-refractivity contribution < 1.29 is 4.39 Å². The van der Waals surface area contributed by atoms with Crippen LogP contribution in [0.4, 0.5) is 4.39 Å². The van der Waals surface area contributed by atoms with Gasteiger partial charge in [0.2, 0.25) is 0 Å². The highest BCUT2D eigenvalue weighted by Crippen LogP contribution is 2.14. The van der Waals surface area contributed by atoms with Crippen LogP contribution in [0.3, 0.4) is 0 Å². The smallest absolute Gasteiger partial charge is 0.251 e. The molecule has 0 saturated carbocycles. The van der Waals surface area contributed by atoms with Crippen LogP contribution in [-0.4, -0.2) is 41.3 Å². The van der Waals surface area contributed by atoms with Gasteiger partial charge in [0.25, 0.3) is 5.56 Å². The average Bonchev–Trinajstić information content (AvgIpc) is 2.50. The summed E-state index contributed by atoms with van der Waals surface area (Å²) in [6.45, 7) is 2.39. The molecule has 0 radical (unpaired) electrons. The highest BCUT2D eigenvalue weighted by atomic mass is 19.1. The number of halogens is 1. The van der Waals surface area contributed by atoms with Gasteiger partial charge in [-0.2, -0.15) is 0 Å². The van der Waals surface area contributed by atoms with Gasteiger partial charge in [-0.25, -0.2) is 4.39 Å². The van der Waals surface area contributed by atoms with Crippen LogP contribution in [-0.2, 0) is 6.54 Å². The van der Waals surface area contributed by atoms with Crippen molar-refractivity contribution in [2.45, 2.75) is 25.2 Å². The van der Waals surface area contributed by atoms with Crippen molar-refractivity contribution in [3.05, 3.63) is 46.8 Å². The van der Waals surface area contributed by atoms with Gasteiger partial charge in [-0.3, -0.25) is 9.69 Å². The molecule has 21 heavy (non-hydrogen) atoms. The number of alkyl halides is 1. The molecule has 2 heterocycles. The predicted octanol–water partition coefficient (Wildman–Crippen LogP) is 1.37. The summed E-state index contributed by atoms with van der Waals surface area (Å²) >= 11 is 0. The number of likely N-dealkylation sites (tertiary alicyclic amines) is 1. The number of aromatic nitrogens is 1. The van der Waals surface area contributed by atoms with Crippen LogP contribution in [0.5, 0.6) is 0 Å². The number of para-hydroxylation sites is 1. The van der Waals surface area contributed by atoms with E-state index in [-0.39, 0.29) is 11.6 Å². The van der Waals surface area contributed by atoms with Crippen molar-refractivity contribution in [1.82, 2.24) is 9.47 Å². The van der Waals surface area contributed by atoms with E-state index in [1.807, 2.05) is 35.2 Å². The van der Waals surface area contributed by atoms with Crippen LogP contribution in [0.1, 0.15) is 6.42 Å². The van der Waals surface area contributed by atoms with Gasteiger partial charge in [-0.1, -0.05) is 18.2 Å². The van der Waals surface area contributed by atoms with Crippen LogP contribution in [0.2, 0.25) is 0 Å². The molecule has 1 aliphatic heterocycles. The summed E-state index contributed by atoms with van der Waals surface area (Å²) in [6.07, 6.45) is -0.297. The van der Waals surface area contributed by atoms with E-state index in [9.17, 15) is 9.18 Å². The molecule has 4 nitrogen and oxygen atoms in total. The fourth-order valence-electron chi connectivity index (χ4n) is 2.91. The van der Waals surface area contributed by atoms with Crippen molar-refractivity contribution in [2.24, 2.45) is 5.73 Å². The first kappa shape index (κ1) is 14.2. The fourth-order valence-corrected chi connectivity index (χ4v) is 2.91. The minimum Gasteiger partial charge on any atom is -0.325 e. The quantitative estimate of drug-likeness (QED) is 0.928. The van der Waals surface area contributed by atoms with Crippen LogP contribution >= 0.6 is 0 Å². The molecular weight excluding hydrogens is 269 g/mol. The number of nitrogens with zero attached hydrogens (tertiary/aromatic N) is 2. The van der Waals surface area contributed by atoms with E-state index >= 15 is 0 Å². The lowest BCUT2D eigenvalue weighted by atomic mass is 10.0. The Hall–Kier alpha value is -1.72. The van der Waals surface area contributed by atoms with E-state index in [2.05, 4.69) is 0 Å². The molecule has 0 amide bonds. The van der Waals surface area contributed by atoms with E-state index in [1.54, 1.807) is 10.6 Å². The first-order valence-electron chi connectivity index (χ1n) is 7.36. The number of nitrogens with two attached hydrogens (primary N) is 1. The van der Waals surface area contributed by atoms with Crippen LogP contribution in [0.25, 0.3) is 10.9 Å². The molecule has 0 unspecified atom stereocenters. The number of rotatable bonds is 3. The van der Waals surface area contributed by atoms with Crippen LogP contribution in [0, 0.1) is 0 Å². The van der Waals surface area contributed by atoms with Gasteiger partial charge in [0.15, 0.2) is 0 Å². The molecule has 0 bridgehead atoms. The van der Waals surface area contributed by atoms with Gasteiger partial charge in [0.1, 0.15) is 6.17 Å². The number of hydrogen-bond acceptors (Lipinski definition) is 3. The second kappa shape index (κ2) is 5.95. The molecule has 0 spiro atoms. The lowest BCUT2D eigenvalue weighted by Gasteiger charge is -2.32. The topological polar surface area (TPSA) is 51.3 Å². The van der Waals surface area contributed by atoms with Gasteiger partial charge in [0.05, 0.1) is 5.52 Å². The van der Waals surface area contributed by atoms with Crippen LogP contribution in [0.15, 0.2) is 41.2 Å². The average molecular weight is 289 g/mol. The molecule has 0 aliphatic carbocycles. The maximum Gasteiger partial charge on any atom is 0.251 e. The number of hydrogen-bond donors (Lipinski definition) is 1. The molecule has 1 aromatic heterocycles. The summed E-state index contributed by atoms with van der Waals surface area (Å²) in [7, 11) is 0. The Morgan fingerprint density at radius 1 is 1.19 bits per heavy atom. The summed E-state index contributed by atoms with van der Waals surface area (Å²) in [5.74, 6) is 0. The number of benzene rings is 1. The lowest BCUT2D eigenvalue weighted by molar-refractivity contribution is 0.116. The van der Waals surface area contributed by atoms with Crippen molar-refractivity contribution in [2.75, 3.05) is 19.6 Å². The van der Waals surface area contributed by atoms with Crippen molar-refractivity contribution in [3.8, 4) is 0 Å². The van der Waals surface area contributed by atoms with E-state index in [4.69, 9.17) is 5.73 Å². The van der Waals surface area contributed by atoms with Gasteiger partial charge in [-0.15, -0.1) is 0 Å². The van der Waals surface area contributed by atoms with Crippen molar-refractivity contribution in [1.29, 1.82) is 0 Å². The van der Waals surface area contributed by atoms with E-state index < -0.39 is 6.17 Å². The second-order valence-corrected chi connectivity index (χ2v) is 5.65. The van der Waals surface area contributed by atoms with Crippen molar-refractivity contribution in [3.63, 3.8) is 0 Å². The number of piperidine rings is 1. The summed E-state index contributed by atoms with van der Waals surface area (Å²) in [4.78, 5) is 14.1. The predicted molar refractivity (Wildman–Crippen MR) is 82.1 cm³/mol. The Balaban J connectivity index is 1.76. The molecular formula is C16H20FN3O. The van der Waals surface area contributed by atoms with Gasteiger partial charge in [-0.05, 0) is 30.5 Å². The molecule has 5 heteroatoms. The molecule has 1 aromatic carbocycles. The SMILES string of the molecule is N[C@H]1CCN(CCn2c(=O)ccc3ccccc32)C[C@H]1F. The minimum atomic E-state index is -0.969. The Morgan fingerprint density at radius 3 is 2.81 bits per heavy atom. The van der Waals surface area contributed by atoms with E-state index in [0.29, 0.717) is 26.1 Å². The minimum absolute atomic E-state index is 0.0146. The number of fused-ring (bicyclic) bond motifs is 1. The molecule has 1 fully saturated rings. The van der Waals surface area contributed by atoms with Gasteiger partial charge >= 0.3 is 0 Å². The monoisotopic (exact) mass is 289 g/mol. The second-order valence-electron chi connectivity index (χ2n) is 5.65. The number of pyridine rings is 1. The third kappa shape index (κ3) is 2.99.